The van der Waals surface area contributed by atoms with Gasteiger partial charge in [0.05, 0.1) is 19.8 Å². The first-order valence-corrected chi connectivity index (χ1v) is 10.8. The molecule has 2 aliphatic rings. The first-order chi connectivity index (χ1) is 14.3. The van der Waals surface area contributed by atoms with Crippen molar-refractivity contribution in [3.63, 3.8) is 0 Å². The number of imide groups is 1. The summed E-state index contributed by atoms with van der Waals surface area (Å²) in [5.74, 6) is -1.23. The van der Waals surface area contributed by atoms with Crippen LogP contribution in [0.25, 0.3) is 11.3 Å². The van der Waals surface area contributed by atoms with Gasteiger partial charge in [0, 0.05) is 21.8 Å². The normalized spacial score (nSPS) is 18.4. The maximum atomic E-state index is 12.7. The monoisotopic (exact) mass is 485 g/mol. The van der Waals surface area contributed by atoms with Crippen molar-refractivity contribution in [3.05, 3.63) is 57.9 Å². The molecule has 0 fully saturated rings. The number of nitrogens with zero attached hydrogens (tertiary/aromatic N) is 3. The maximum Gasteiger partial charge on any atom is 0.500 e. The summed E-state index contributed by atoms with van der Waals surface area (Å²) in [6.07, 6.45) is 5.29. The van der Waals surface area contributed by atoms with E-state index in [2.05, 4.69) is 26.2 Å². The van der Waals surface area contributed by atoms with Crippen molar-refractivity contribution in [1.29, 1.82) is 0 Å². The molecule has 0 spiro atoms. The van der Waals surface area contributed by atoms with E-state index in [0.29, 0.717) is 16.4 Å². The van der Waals surface area contributed by atoms with E-state index in [1.54, 1.807) is 25.3 Å². The van der Waals surface area contributed by atoms with Crippen LogP contribution in [0.4, 0.5) is 9.93 Å². The Balaban J connectivity index is 1.49. The molecule has 0 bridgehead atoms. The molecule has 2 aromatic rings. The van der Waals surface area contributed by atoms with Crippen LogP contribution in [-0.2, 0) is 9.59 Å². The summed E-state index contributed by atoms with van der Waals surface area (Å²) < 4.78 is 2.43. The van der Waals surface area contributed by atoms with Gasteiger partial charge in [0.25, 0.3) is 0 Å². The lowest BCUT2D eigenvalue weighted by Gasteiger charge is -2.27. The quantitative estimate of drug-likeness (QED) is 0.669. The summed E-state index contributed by atoms with van der Waals surface area (Å²) in [5, 5.41) is 5.19. The number of nitrogens with one attached hydrogen (secondary N) is 1. The highest BCUT2D eigenvalue weighted by Gasteiger charge is 2.46. The minimum absolute atomic E-state index is 0.0350. The molecule has 30 heavy (non-hydrogen) atoms. The molecule has 1 aliphatic carbocycles. The molecule has 1 aromatic carbocycles. The number of fused-ring (bicyclic) bond motifs is 1. The zero-order valence-corrected chi connectivity index (χ0v) is 18.7. The van der Waals surface area contributed by atoms with Crippen molar-refractivity contribution in [3.8, 4) is 11.3 Å². The van der Waals surface area contributed by atoms with Crippen molar-refractivity contribution in [2.24, 2.45) is 5.92 Å². The first-order valence-electron chi connectivity index (χ1n) is 9.15. The van der Waals surface area contributed by atoms with Crippen LogP contribution in [0.2, 0.25) is 0 Å². The number of amides is 4. The number of rotatable bonds is 4. The predicted molar refractivity (Wildman–Crippen MR) is 119 cm³/mol. The van der Waals surface area contributed by atoms with Crippen LogP contribution in [0.15, 0.2) is 57.9 Å². The van der Waals surface area contributed by atoms with Crippen LogP contribution >= 0.6 is 27.3 Å². The number of carbonyl (C=O) groups excluding carboxylic acids is 3. The standard InChI is InChI=1S/C21H17BrN4O3S/c1-25-16-5-3-4-13(18(16)19(28)26(2)21(25)29)10-17(27)24-20-23-15(11-30-20)12-6-8-14(22)9-7-12/h3-9,11,18H,10H2,1-2H3/p+1. The lowest BCUT2D eigenvalue weighted by molar-refractivity contribution is -0.405. The number of halogens is 1. The van der Waals surface area contributed by atoms with E-state index in [-0.39, 0.29) is 24.3 Å². The third-order valence-corrected chi connectivity index (χ3v) is 6.32. The summed E-state index contributed by atoms with van der Waals surface area (Å²) in [4.78, 5) is 43.1. The summed E-state index contributed by atoms with van der Waals surface area (Å²) in [6.45, 7) is 0. The zero-order chi connectivity index (χ0) is 21.4. The van der Waals surface area contributed by atoms with E-state index in [1.807, 2.05) is 29.6 Å². The molecule has 152 valence electrons. The summed E-state index contributed by atoms with van der Waals surface area (Å²) in [6, 6.07) is 7.38. The summed E-state index contributed by atoms with van der Waals surface area (Å²) in [5.41, 5.74) is 2.96. The van der Waals surface area contributed by atoms with E-state index < -0.39 is 5.92 Å². The van der Waals surface area contributed by atoms with E-state index >= 15 is 0 Å². The van der Waals surface area contributed by atoms with Crippen molar-refractivity contribution in [1.82, 2.24) is 9.88 Å². The predicted octanol–water partition coefficient (Wildman–Crippen LogP) is 3.69. The molecule has 1 unspecified atom stereocenters. The third-order valence-electron chi connectivity index (χ3n) is 5.04. The third kappa shape index (κ3) is 3.78. The van der Waals surface area contributed by atoms with Crippen molar-refractivity contribution in [2.75, 3.05) is 19.4 Å². The Kier molecular flexibility index (Phi) is 5.48. The average molecular weight is 486 g/mol. The highest BCUT2D eigenvalue weighted by Crippen LogP contribution is 2.29. The molecule has 4 rings (SSSR count). The SMILES string of the molecule is CN1C(=O)C2C(CC(=O)Nc3nc(-c4ccc(Br)cc4)cs3)=CC=CC2=[N+](C)C1=O. The van der Waals surface area contributed by atoms with Gasteiger partial charge in [-0.1, -0.05) is 40.2 Å². The van der Waals surface area contributed by atoms with Gasteiger partial charge in [-0.15, -0.1) is 11.3 Å². The van der Waals surface area contributed by atoms with Gasteiger partial charge in [0.15, 0.2) is 5.13 Å². The minimum atomic E-state index is -0.636. The molecule has 4 amide bonds. The lowest BCUT2D eigenvalue weighted by Crippen LogP contribution is -2.52. The maximum absolute atomic E-state index is 12.7. The van der Waals surface area contributed by atoms with Crippen molar-refractivity contribution in [2.45, 2.75) is 6.42 Å². The Morgan fingerprint density at radius 2 is 2.03 bits per heavy atom. The van der Waals surface area contributed by atoms with Crippen LogP contribution < -0.4 is 5.32 Å². The van der Waals surface area contributed by atoms with Gasteiger partial charge in [0.1, 0.15) is 11.6 Å². The summed E-state index contributed by atoms with van der Waals surface area (Å²) in [7, 11) is 3.08. The molecule has 7 nitrogen and oxygen atoms in total. The molecule has 0 saturated carbocycles. The van der Waals surface area contributed by atoms with Crippen LogP contribution in [0.3, 0.4) is 0 Å². The summed E-state index contributed by atoms with van der Waals surface area (Å²) >= 11 is 4.75. The highest BCUT2D eigenvalue weighted by atomic mass is 79.9. The number of hydrogen-bond donors (Lipinski definition) is 1. The molecule has 1 N–H and O–H groups in total. The van der Waals surface area contributed by atoms with Gasteiger partial charge < -0.3 is 5.32 Å². The van der Waals surface area contributed by atoms with E-state index in [1.165, 1.54) is 23.0 Å². The highest BCUT2D eigenvalue weighted by molar-refractivity contribution is 9.10. The van der Waals surface area contributed by atoms with Crippen LogP contribution in [-0.4, -0.2) is 52.1 Å². The minimum Gasteiger partial charge on any atom is -0.302 e. The van der Waals surface area contributed by atoms with E-state index in [4.69, 9.17) is 0 Å². The number of aromatic nitrogens is 1. The second kappa shape index (κ2) is 8.08. The fourth-order valence-electron chi connectivity index (χ4n) is 3.46. The molecule has 0 radical (unpaired) electrons. The van der Waals surface area contributed by atoms with Gasteiger partial charge in [-0.2, -0.15) is 14.3 Å². The second-order valence-corrected chi connectivity index (χ2v) is 8.74. The van der Waals surface area contributed by atoms with Gasteiger partial charge in [0.2, 0.25) is 5.91 Å². The molecule has 1 aromatic heterocycles. The number of benzene rings is 1. The van der Waals surface area contributed by atoms with Gasteiger partial charge in [-0.05, 0) is 23.8 Å². The van der Waals surface area contributed by atoms with Gasteiger partial charge in [-0.25, -0.2) is 9.78 Å². The van der Waals surface area contributed by atoms with Crippen LogP contribution in [0.1, 0.15) is 6.42 Å². The zero-order valence-electron chi connectivity index (χ0n) is 16.3. The van der Waals surface area contributed by atoms with Crippen LogP contribution in [0.5, 0.6) is 0 Å². The molecular formula is C21H18BrN4O3S+. The molecule has 0 saturated heterocycles. The Morgan fingerprint density at radius 3 is 2.77 bits per heavy atom. The molecule has 1 atom stereocenters. The van der Waals surface area contributed by atoms with E-state index in [9.17, 15) is 14.4 Å². The topological polar surface area (TPSA) is 82.4 Å². The fourth-order valence-corrected chi connectivity index (χ4v) is 4.46. The van der Waals surface area contributed by atoms with Gasteiger partial charge in [-0.3, -0.25) is 4.79 Å². The fraction of sp³-hybridized carbons (Fsp3) is 0.190. The Morgan fingerprint density at radius 1 is 1.30 bits per heavy atom. The second-order valence-electron chi connectivity index (χ2n) is 6.97. The Hall–Kier alpha value is -2.91. The number of hydrogen-bond acceptors (Lipinski definition) is 5. The number of anilines is 1. The van der Waals surface area contributed by atoms with E-state index in [0.717, 1.165) is 20.6 Å². The smallest absolute Gasteiger partial charge is 0.302 e. The number of allylic oxidation sites excluding steroid dienone is 3. The Labute approximate surface area is 185 Å². The lowest BCUT2D eigenvalue weighted by atomic mass is 9.85. The molecule has 2 heterocycles. The molecular weight excluding hydrogens is 468 g/mol. The number of urea groups is 1. The number of thiazole rings is 1. The largest absolute Gasteiger partial charge is 0.500 e. The molecule has 9 heteroatoms. The number of carbonyl (C=O) groups is 3. The average Bonchev–Trinajstić information content (AvgIpc) is 3.19. The van der Waals surface area contributed by atoms with Crippen LogP contribution in [0, 0.1) is 5.92 Å². The molecule has 1 aliphatic heterocycles. The van der Waals surface area contributed by atoms with Crippen molar-refractivity contribution >= 4 is 56.0 Å². The van der Waals surface area contributed by atoms with Gasteiger partial charge >= 0.3 is 11.9 Å². The van der Waals surface area contributed by atoms with Crippen molar-refractivity contribution < 1.29 is 19.0 Å². The Bertz CT molecular complexity index is 1150. The first kappa shape index (κ1) is 20.4.